The molecule has 0 amide bonds. The highest BCUT2D eigenvalue weighted by molar-refractivity contribution is 7.40. The molecule has 0 heterocycles. The molecule has 0 saturated heterocycles. The third-order valence-electron chi connectivity index (χ3n) is 1.44. The summed E-state index contributed by atoms with van der Waals surface area (Å²) < 4.78 is 2.40. The second-order valence-electron chi connectivity index (χ2n) is 3.05. The van der Waals surface area contributed by atoms with Crippen molar-refractivity contribution in [2.45, 2.75) is 39.8 Å². The molecule has 0 aliphatic carbocycles. The highest BCUT2D eigenvalue weighted by Crippen LogP contribution is 2.01. The van der Waals surface area contributed by atoms with E-state index in [-0.39, 0.29) is 8.77 Å². The largest absolute Gasteiger partial charge is 0.406 e. The van der Waals surface area contributed by atoms with Crippen molar-refractivity contribution in [2.24, 2.45) is 0 Å². The summed E-state index contributed by atoms with van der Waals surface area (Å²) >= 11 is 11.6. The summed E-state index contributed by atoms with van der Waals surface area (Å²) in [7, 11) is 0.119. The van der Waals surface area contributed by atoms with Crippen molar-refractivity contribution in [3.05, 3.63) is 0 Å². The monoisotopic (exact) mass is 227 g/mol. The lowest BCUT2D eigenvalue weighted by molar-refractivity contribution is 0.318. The Labute approximate surface area is 81.9 Å². The normalized spacial score (nSPS) is 10.5. The Morgan fingerprint density at radius 1 is 1.09 bits per heavy atom. The van der Waals surface area contributed by atoms with E-state index in [2.05, 4.69) is 32.3 Å². The van der Waals surface area contributed by atoms with Crippen molar-refractivity contribution in [3.63, 3.8) is 0 Å². The zero-order valence-electron chi connectivity index (χ0n) is 7.44. The summed E-state index contributed by atoms with van der Waals surface area (Å²) in [5.41, 5.74) is 0. The molecule has 0 bridgehead atoms. The van der Waals surface area contributed by atoms with Crippen LogP contribution in [-0.2, 0) is 0 Å². The molecule has 0 fully saturated rings. The highest BCUT2D eigenvalue weighted by atomic mass is 35.7. The zero-order valence-corrected chi connectivity index (χ0v) is 11.1. The lowest BCUT2D eigenvalue weighted by Gasteiger charge is -2.29. The number of hydrogen-bond acceptors (Lipinski definition) is 1. The summed E-state index contributed by atoms with van der Waals surface area (Å²) in [6.45, 7) is 7.68. The first kappa shape index (κ1) is 11.8. The topological polar surface area (TPSA) is 3.24 Å². The quantitative estimate of drug-likeness (QED) is 0.527. The lowest BCUT2D eigenvalue weighted by atomic mass is 10.3. The van der Waals surface area contributed by atoms with E-state index in [9.17, 15) is 0 Å². The van der Waals surface area contributed by atoms with E-state index >= 15 is 0 Å². The maximum atomic E-state index is 5.82. The van der Waals surface area contributed by atoms with E-state index in [4.69, 9.17) is 22.2 Å². The van der Waals surface area contributed by atoms with Crippen LogP contribution < -0.4 is 0 Å². The second kappa shape index (κ2) is 5.46. The van der Waals surface area contributed by atoms with Crippen LogP contribution in [0.3, 0.4) is 0 Å². The van der Waals surface area contributed by atoms with Gasteiger partial charge in [0.25, 0.3) is 0 Å². The van der Waals surface area contributed by atoms with Gasteiger partial charge in [-0.05, 0) is 27.7 Å². The molecule has 0 atom stereocenters. The zero-order chi connectivity index (χ0) is 9.02. The van der Waals surface area contributed by atoms with E-state index in [1.54, 1.807) is 0 Å². The Morgan fingerprint density at radius 3 is 1.55 bits per heavy atom. The Balaban J connectivity index is 4.24. The molecule has 1 nitrogen and oxygen atoms in total. The van der Waals surface area contributed by atoms with Crippen LogP contribution in [0.1, 0.15) is 27.7 Å². The molecule has 0 aliphatic rings. The van der Waals surface area contributed by atoms with Gasteiger partial charge in [0.05, 0.1) is 0 Å². The molecule has 0 N–H and O–H groups in total. The molecule has 66 valence electrons. The number of nitrogens with zero attached hydrogens (tertiary/aromatic N) is 1. The molecule has 0 spiro atoms. The predicted molar refractivity (Wildman–Crippen MR) is 56.7 cm³/mol. The van der Waals surface area contributed by atoms with Gasteiger partial charge in [-0.25, -0.2) is 0 Å². The van der Waals surface area contributed by atoms with Gasteiger partial charge in [0.1, 0.15) is 8.77 Å². The van der Waals surface area contributed by atoms with E-state index in [0.717, 1.165) is 0 Å². The van der Waals surface area contributed by atoms with Crippen molar-refractivity contribution in [3.8, 4) is 0 Å². The van der Waals surface area contributed by atoms with Gasteiger partial charge in [0, 0.05) is 12.1 Å². The van der Waals surface area contributed by atoms with E-state index < -0.39 is 6.51 Å². The fourth-order valence-corrected chi connectivity index (χ4v) is 6.32. The molecular weight excluding hydrogens is 213 g/mol. The Morgan fingerprint density at radius 2 is 1.45 bits per heavy atom. The average molecular weight is 228 g/mol. The number of halogens is 2. The van der Waals surface area contributed by atoms with Crippen LogP contribution >= 0.6 is 22.2 Å². The van der Waals surface area contributed by atoms with Crippen LogP contribution in [-0.4, -0.2) is 31.9 Å². The van der Waals surface area contributed by atoms with Crippen LogP contribution in [0.15, 0.2) is 0 Å². The summed E-state index contributed by atoms with van der Waals surface area (Å²) in [4.78, 5) is 0. The minimum atomic E-state index is -1.07. The molecule has 0 radical (unpaired) electrons. The van der Waals surface area contributed by atoms with Gasteiger partial charge in [-0.1, -0.05) is 0 Å². The average Bonchev–Trinajstić information content (AvgIpc) is 1.81. The van der Waals surface area contributed by atoms with Crippen molar-refractivity contribution >= 4 is 37.4 Å². The van der Waals surface area contributed by atoms with Crippen LogP contribution in [0, 0.1) is 0 Å². The van der Waals surface area contributed by atoms with Crippen molar-refractivity contribution in [1.29, 1.82) is 0 Å². The van der Waals surface area contributed by atoms with Gasteiger partial charge in [0.2, 0.25) is 6.51 Å². The van der Waals surface area contributed by atoms with Crippen molar-refractivity contribution in [2.75, 3.05) is 0 Å². The third-order valence-corrected chi connectivity index (χ3v) is 6.36. The van der Waals surface area contributed by atoms with Crippen LogP contribution in [0.2, 0.25) is 0 Å². The van der Waals surface area contributed by atoms with Crippen LogP contribution in [0.4, 0.5) is 0 Å². The van der Waals surface area contributed by atoms with Gasteiger partial charge < -0.3 is 4.57 Å². The lowest BCUT2D eigenvalue weighted by Crippen LogP contribution is -2.38. The van der Waals surface area contributed by atoms with Gasteiger partial charge in [-0.2, -0.15) is 0 Å². The first-order valence-corrected chi connectivity index (χ1v) is 9.60. The fourth-order valence-electron chi connectivity index (χ4n) is 1.01. The number of hydrogen-bond donors (Lipinski definition) is 0. The maximum absolute atomic E-state index is 5.82. The molecule has 0 rings (SSSR count). The standard InChI is InChI=1S/C6H15Cl2NSi2/c1-5(2)9(6(3)4)10-11(7)8/h5-6,10H,1-4H3. The number of rotatable bonds is 3. The molecule has 0 unspecified atom stereocenters. The van der Waals surface area contributed by atoms with Gasteiger partial charge in [-0.3, -0.25) is 0 Å². The first-order valence-electron chi connectivity index (χ1n) is 3.75. The van der Waals surface area contributed by atoms with Crippen LogP contribution in [0.5, 0.6) is 0 Å². The van der Waals surface area contributed by atoms with Crippen molar-refractivity contribution < 1.29 is 0 Å². The maximum Gasteiger partial charge on any atom is 0.226 e. The smallest absolute Gasteiger partial charge is 0.226 e. The van der Waals surface area contributed by atoms with Gasteiger partial charge in [0.15, 0.2) is 0 Å². The highest BCUT2D eigenvalue weighted by Gasteiger charge is 2.08. The van der Waals surface area contributed by atoms with E-state index in [1.807, 2.05) is 0 Å². The molecule has 5 heteroatoms. The molecule has 11 heavy (non-hydrogen) atoms. The predicted octanol–water partition coefficient (Wildman–Crippen LogP) is 1.92. The minimum Gasteiger partial charge on any atom is -0.406 e. The first-order chi connectivity index (χ1) is 4.95. The fraction of sp³-hybridized carbons (Fsp3) is 1.00. The minimum absolute atomic E-state index is 0.119. The molecule has 0 aromatic carbocycles. The molecule has 0 aromatic rings. The van der Waals surface area contributed by atoms with Gasteiger partial charge >= 0.3 is 0 Å². The SMILES string of the molecule is CC(C)N([SiH]=[Si](Cl)Cl)C(C)C. The summed E-state index contributed by atoms with van der Waals surface area (Å²) in [6, 6.07) is 1.14. The Hall–Kier alpha value is 0.814. The molecular formula is C6H15Cl2NSi2. The molecule has 0 aliphatic heterocycles. The summed E-state index contributed by atoms with van der Waals surface area (Å²) in [5, 5.41) is 0. The Kier molecular flexibility index (Phi) is 5.86. The van der Waals surface area contributed by atoms with Gasteiger partial charge in [-0.15, -0.1) is 22.2 Å². The van der Waals surface area contributed by atoms with Crippen molar-refractivity contribution in [1.82, 2.24) is 4.57 Å². The van der Waals surface area contributed by atoms with Crippen LogP contribution in [0.25, 0.3) is 0 Å². The molecule has 0 saturated carbocycles. The summed E-state index contributed by atoms with van der Waals surface area (Å²) in [5.74, 6) is 0. The summed E-state index contributed by atoms with van der Waals surface area (Å²) in [6.07, 6.45) is 0. The van der Waals surface area contributed by atoms with E-state index in [0.29, 0.717) is 12.1 Å². The second-order valence-corrected chi connectivity index (χ2v) is 12.2. The molecule has 0 aromatic heterocycles. The van der Waals surface area contributed by atoms with E-state index in [1.165, 1.54) is 0 Å². The Bertz CT molecular complexity index is 136. The third kappa shape index (κ3) is 5.12.